The Morgan fingerprint density at radius 3 is 2.82 bits per heavy atom. The molecule has 2 heteroatoms. The van der Waals surface area contributed by atoms with E-state index in [1.54, 1.807) is 0 Å². The van der Waals surface area contributed by atoms with Gasteiger partial charge in [-0.3, -0.25) is 0 Å². The van der Waals surface area contributed by atoms with Crippen LogP contribution in [0.1, 0.15) is 58.3 Å². The maximum atomic E-state index is 3.66. The summed E-state index contributed by atoms with van der Waals surface area (Å²) >= 11 is 0. The van der Waals surface area contributed by atoms with Crippen molar-refractivity contribution in [3.63, 3.8) is 0 Å². The van der Waals surface area contributed by atoms with Gasteiger partial charge in [0.2, 0.25) is 0 Å². The average Bonchev–Trinajstić information content (AvgIpc) is 2.56. The van der Waals surface area contributed by atoms with Crippen molar-refractivity contribution in [2.45, 2.75) is 64.3 Å². The molecule has 2 rings (SSSR count). The van der Waals surface area contributed by atoms with Crippen molar-refractivity contribution in [1.29, 1.82) is 0 Å². The molecule has 0 radical (unpaired) electrons. The van der Waals surface area contributed by atoms with Crippen LogP contribution in [0, 0.1) is 5.92 Å². The highest BCUT2D eigenvalue weighted by Crippen LogP contribution is 2.17. The number of hydrogen-bond acceptors (Lipinski definition) is 2. The third-order valence-corrected chi connectivity index (χ3v) is 4.55. The molecule has 2 atom stereocenters. The Balaban J connectivity index is 1.57. The molecule has 2 saturated heterocycles. The van der Waals surface area contributed by atoms with E-state index in [9.17, 15) is 0 Å². The molecule has 0 aliphatic carbocycles. The standard InChI is InChI=1S/C15H30N2/c1-14-6-4-11-17(13-9-14)12-5-8-15-7-2-3-10-16-15/h14-16H,2-13H2,1H3. The first kappa shape index (κ1) is 13.4. The monoisotopic (exact) mass is 238 g/mol. The zero-order valence-corrected chi connectivity index (χ0v) is 11.6. The summed E-state index contributed by atoms with van der Waals surface area (Å²) in [5.41, 5.74) is 0. The number of nitrogens with zero attached hydrogens (tertiary/aromatic N) is 1. The Bertz CT molecular complexity index is 199. The van der Waals surface area contributed by atoms with Crippen molar-refractivity contribution >= 4 is 0 Å². The molecule has 100 valence electrons. The molecule has 2 nitrogen and oxygen atoms in total. The summed E-state index contributed by atoms with van der Waals surface area (Å²) in [4.78, 5) is 2.70. The Labute approximate surface area is 107 Å². The maximum Gasteiger partial charge on any atom is 0.00675 e. The fourth-order valence-electron chi connectivity index (χ4n) is 3.28. The summed E-state index contributed by atoms with van der Waals surface area (Å²) in [6.45, 7) is 7.70. The van der Waals surface area contributed by atoms with E-state index in [2.05, 4.69) is 17.1 Å². The van der Waals surface area contributed by atoms with Gasteiger partial charge >= 0.3 is 0 Å². The number of piperidine rings is 1. The number of likely N-dealkylation sites (tertiary alicyclic amines) is 1. The smallest absolute Gasteiger partial charge is 0.00675 e. The van der Waals surface area contributed by atoms with Gasteiger partial charge in [0.1, 0.15) is 0 Å². The van der Waals surface area contributed by atoms with Gasteiger partial charge in [0.05, 0.1) is 0 Å². The first-order chi connectivity index (χ1) is 8.34. The minimum Gasteiger partial charge on any atom is -0.314 e. The predicted molar refractivity (Wildman–Crippen MR) is 74.3 cm³/mol. The molecule has 1 N–H and O–H groups in total. The highest BCUT2D eigenvalue weighted by atomic mass is 15.1. The zero-order valence-electron chi connectivity index (χ0n) is 11.6. The molecule has 2 unspecified atom stereocenters. The lowest BCUT2D eigenvalue weighted by Crippen LogP contribution is -2.35. The Hall–Kier alpha value is -0.0800. The number of hydrogen-bond donors (Lipinski definition) is 1. The van der Waals surface area contributed by atoms with E-state index in [1.165, 1.54) is 77.5 Å². The molecule has 0 bridgehead atoms. The fourth-order valence-corrected chi connectivity index (χ4v) is 3.28. The van der Waals surface area contributed by atoms with Crippen LogP contribution in [0.25, 0.3) is 0 Å². The average molecular weight is 238 g/mol. The van der Waals surface area contributed by atoms with Gasteiger partial charge in [0, 0.05) is 6.04 Å². The van der Waals surface area contributed by atoms with Gasteiger partial charge in [-0.05, 0) is 77.0 Å². The molecule has 2 aliphatic rings. The fraction of sp³-hybridized carbons (Fsp3) is 1.00. The van der Waals surface area contributed by atoms with E-state index < -0.39 is 0 Å². The summed E-state index contributed by atoms with van der Waals surface area (Å²) in [5, 5.41) is 3.66. The van der Waals surface area contributed by atoms with Gasteiger partial charge in [-0.25, -0.2) is 0 Å². The van der Waals surface area contributed by atoms with Crippen LogP contribution in [0.3, 0.4) is 0 Å². The topological polar surface area (TPSA) is 15.3 Å². The van der Waals surface area contributed by atoms with Gasteiger partial charge in [-0.1, -0.05) is 13.3 Å². The van der Waals surface area contributed by atoms with Crippen LogP contribution >= 0.6 is 0 Å². The minimum absolute atomic E-state index is 0.828. The van der Waals surface area contributed by atoms with E-state index in [-0.39, 0.29) is 0 Å². The summed E-state index contributed by atoms with van der Waals surface area (Å²) in [5.74, 6) is 0.958. The maximum absolute atomic E-state index is 3.66. The molecular weight excluding hydrogens is 208 g/mol. The molecule has 0 aromatic heterocycles. The Kier molecular flexibility index (Phi) is 5.79. The predicted octanol–water partition coefficient (Wildman–Crippen LogP) is 3.03. The van der Waals surface area contributed by atoms with Crippen LogP contribution in [0.15, 0.2) is 0 Å². The van der Waals surface area contributed by atoms with Gasteiger partial charge in [-0.15, -0.1) is 0 Å². The minimum atomic E-state index is 0.828. The van der Waals surface area contributed by atoms with Crippen LogP contribution in [0.4, 0.5) is 0 Å². The van der Waals surface area contributed by atoms with Crippen molar-refractivity contribution in [3.05, 3.63) is 0 Å². The largest absolute Gasteiger partial charge is 0.314 e. The van der Waals surface area contributed by atoms with Crippen molar-refractivity contribution < 1.29 is 0 Å². The van der Waals surface area contributed by atoms with Gasteiger partial charge in [0.15, 0.2) is 0 Å². The van der Waals surface area contributed by atoms with Crippen molar-refractivity contribution in [2.24, 2.45) is 5.92 Å². The second kappa shape index (κ2) is 7.38. The Morgan fingerprint density at radius 2 is 2.00 bits per heavy atom. The van der Waals surface area contributed by atoms with E-state index in [1.807, 2.05) is 0 Å². The van der Waals surface area contributed by atoms with Crippen LogP contribution < -0.4 is 5.32 Å². The van der Waals surface area contributed by atoms with E-state index >= 15 is 0 Å². The molecule has 0 saturated carbocycles. The van der Waals surface area contributed by atoms with Crippen LogP contribution in [0.5, 0.6) is 0 Å². The molecule has 2 fully saturated rings. The molecule has 2 aliphatic heterocycles. The van der Waals surface area contributed by atoms with Crippen molar-refractivity contribution in [1.82, 2.24) is 10.2 Å². The highest BCUT2D eigenvalue weighted by Gasteiger charge is 2.15. The summed E-state index contributed by atoms with van der Waals surface area (Å²) in [6.07, 6.45) is 11.3. The SMILES string of the molecule is CC1CCCN(CCCC2CCCCN2)CC1. The third kappa shape index (κ3) is 4.97. The van der Waals surface area contributed by atoms with Crippen molar-refractivity contribution in [2.75, 3.05) is 26.2 Å². The van der Waals surface area contributed by atoms with E-state index in [0.29, 0.717) is 0 Å². The first-order valence-corrected chi connectivity index (χ1v) is 7.80. The lowest BCUT2D eigenvalue weighted by molar-refractivity contribution is 0.264. The lowest BCUT2D eigenvalue weighted by Gasteiger charge is -2.25. The molecular formula is C15H30N2. The molecule has 0 aromatic rings. The number of nitrogens with one attached hydrogen (secondary N) is 1. The highest BCUT2D eigenvalue weighted by molar-refractivity contribution is 4.73. The van der Waals surface area contributed by atoms with E-state index in [4.69, 9.17) is 0 Å². The first-order valence-electron chi connectivity index (χ1n) is 7.80. The zero-order chi connectivity index (χ0) is 11.9. The van der Waals surface area contributed by atoms with Crippen LogP contribution in [-0.2, 0) is 0 Å². The van der Waals surface area contributed by atoms with Gasteiger partial charge in [-0.2, -0.15) is 0 Å². The van der Waals surface area contributed by atoms with Gasteiger partial charge < -0.3 is 10.2 Å². The number of rotatable bonds is 4. The van der Waals surface area contributed by atoms with Crippen molar-refractivity contribution in [3.8, 4) is 0 Å². The molecule has 17 heavy (non-hydrogen) atoms. The van der Waals surface area contributed by atoms with Crippen LogP contribution in [0.2, 0.25) is 0 Å². The normalized spacial score (nSPS) is 32.3. The quantitative estimate of drug-likeness (QED) is 0.810. The third-order valence-electron chi connectivity index (χ3n) is 4.55. The molecule has 2 heterocycles. The van der Waals surface area contributed by atoms with Crippen LogP contribution in [-0.4, -0.2) is 37.1 Å². The molecule has 0 spiro atoms. The second-order valence-electron chi connectivity index (χ2n) is 6.17. The summed E-state index contributed by atoms with van der Waals surface area (Å²) < 4.78 is 0. The second-order valence-corrected chi connectivity index (χ2v) is 6.17. The Morgan fingerprint density at radius 1 is 1.06 bits per heavy atom. The molecule has 0 amide bonds. The summed E-state index contributed by atoms with van der Waals surface area (Å²) in [6, 6.07) is 0.828. The molecule has 0 aromatic carbocycles. The van der Waals surface area contributed by atoms with Gasteiger partial charge in [0.25, 0.3) is 0 Å². The lowest BCUT2D eigenvalue weighted by atomic mass is 10.0. The summed E-state index contributed by atoms with van der Waals surface area (Å²) in [7, 11) is 0. The van der Waals surface area contributed by atoms with E-state index in [0.717, 1.165) is 12.0 Å².